The molecule has 42 heavy (non-hydrogen) atoms. The summed E-state index contributed by atoms with van der Waals surface area (Å²) in [5.41, 5.74) is 11.0. The third kappa shape index (κ3) is 5.08. The number of hydrogen-bond acceptors (Lipinski definition) is 3. The van der Waals surface area contributed by atoms with E-state index in [1.165, 1.54) is 72.8 Å². The molecule has 2 aromatic heterocycles. The molecular weight excluding hydrogens is 512 g/mol. The molecule has 1 unspecified atom stereocenters. The minimum absolute atomic E-state index is 0.546. The number of aromatic amines is 1. The van der Waals surface area contributed by atoms with Crippen LogP contribution >= 0.6 is 0 Å². The normalized spacial score (nSPS) is 21.0. The lowest BCUT2D eigenvalue weighted by atomic mass is 9.59. The van der Waals surface area contributed by atoms with Crippen molar-refractivity contribution in [3.05, 3.63) is 101 Å². The van der Waals surface area contributed by atoms with Gasteiger partial charge in [0, 0.05) is 48.6 Å². The standard InChI is InChI=1S/C38H46N4/c1-26(2)33-12-11-31(22-30(33)21-28-20-29-13-16-39-37(29)40-25-28)41-18-14-38(15-19-41)23-32(24-38)42-17-7-10-36(42)35-9-6-5-8-34(35)27(3)4/h5-6,8-9,11-13,16,20,22,25,27,32,36H,1,7,10,14-15,17-19,21,23-24H2,2-4H3,(H,39,40). The number of rotatable bonds is 7. The first-order chi connectivity index (χ1) is 20.4. The number of nitrogens with zero attached hydrogens (tertiary/aromatic N) is 3. The fourth-order valence-electron chi connectivity index (χ4n) is 8.36. The fraction of sp³-hybridized carbons (Fsp3) is 0.447. The Morgan fingerprint density at radius 2 is 1.86 bits per heavy atom. The quantitative estimate of drug-likeness (QED) is 0.246. The number of likely N-dealkylation sites (tertiary alicyclic amines) is 1. The summed E-state index contributed by atoms with van der Waals surface area (Å²) >= 11 is 0. The number of piperidine rings is 1. The zero-order chi connectivity index (χ0) is 28.8. The van der Waals surface area contributed by atoms with E-state index in [9.17, 15) is 0 Å². The third-order valence-electron chi connectivity index (χ3n) is 10.7. The van der Waals surface area contributed by atoms with Crippen LogP contribution in [0.2, 0.25) is 0 Å². The number of allylic oxidation sites excluding steroid dienone is 1. The molecule has 4 nitrogen and oxygen atoms in total. The lowest BCUT2D eigenvalue weighted by Crippen LogP contribution is -2.55. The van der Waals surface area contributed by atoms with Gasteiger partial charge in [-0.05, 0) is 122 Å². The first-order valence-corrected chi connectivity index (χ1v) is 16.2. The number of fused-ring (bicyclic) bond motifs is 1. The van der Waals surface area contributed by atoms with Gasteiger partial charge in [-0.15, -0.1) is 0 Å². The second-order valence-electron chi connectivity index (χ2n) is 13.8. The van der Waals surface area contributed by atoms with E-state index in [1.807, 2.05) is 12.4 Å². The molecule has 1 N–H and O–H groups in total. The lowest BCUT2D eigenvalue weighted by molar-refractivity contribution is -0.0227. The Morgan fingerprint density at radius 1 is 1.05 bits per heavy atom. The van der Waals surface area contributed by atoms with E-state index >= 15 is 0 Å². The molecule has 0 bridgehead atoms. The minimum atomic E-state index is 0.546. The van der Waals surface area contributed by atoms with Crippen LogP contribution < -0.4 is 4.90 Å². The highest BCUT2D eigenvalue weighted by atomic mass is 15.2. The number of nitrogens with one attached hydrogen (secondary N) is 1. The van der Waals surface area contributed by atoms with E-state index in [4.69, 9.17) is 0 Å². The highest BCUT2D eigenvalue weighted by Gasteiger charge is 2.50. The minimum Gasteiger partial charge on any atom is -0.371 e. The Morgan fingerprint density at radius 3 is 2.64 bits per heavy atom. The smallest absolute Gasteiger partial charge is 0.137 e. The first kappa shape index (κ1) is 27.5. The van der Waals surface area contributed by atoms with Crippen LogP contribution in [0.1, 0.15) is 99.1 Å². The monoisotopic (exact) mass is 558 g/mol. The van der Waals surface area contributed by atoms with Gasteiger partial charge in [0.1, 0.15) is 5.65 Å². The molecule has 3 aliphatic rings. The van der Waals surface area contributed by atoms with E-state index < -0.39 is 0 Å². The summed E-state index contributed by atoms with van der Waals surface area (Å²) in [5, 5.41) is 1.17. The maximum atomic E-state index is 4.63. The van der Waals surface area contributed by atoms with Gasteiger partial charge >= 0.3 is 0 Å². The van der Waals surface area contributed by atoms with Crippen molar-refractivity contribution in [1.82, 2.24) is 14.9 Å². The van der Waals surface area contributed by atoms with Crippen molar-refractivity contribution in [1.29, 1.82) is 0 Å². The molecule has 2 aromatic carbocycles. The SMILES string of the molecule is C=C(C)c1ccc(N2CCC3(CC2)CC(N2CCCC2c2ccccc2C(C)C)C3)cc1Cc1cnc2[nH]ccc2c1. The van der Waals surface area contributed by atoms with Gasteiger partial charge in [-0.25, -0.2) is 4.98 Å². The average Bonchev–Trinajstić information content (AvgIpc) is 3.65. The van der Waals surface area contributed by atoms with Crippen LogP contribution in [0.25, 0.3) is 16.6 Å². The van der Waals surface area contributed by atoms with Gasteiger partial charge < -0.3 is 9.88 Å². The average molecular weight is 559 g/mol. The van der Waals surface area contributed by atoms with Crippen molar-refractivity contribution >= 4 is 22.3 Å². The maximum absolute atomic E-state index is 4.63. The Balaban J connectivity index is 1.02. The van der Waals surface area contributed by atoms with Crippen LogP contribution in [0.5, 0.6) is 0 Å². The molecular formula is C38H46N4. The van der Waals surface area contributed by atoms with Gasteiger partial charge in [-0.2, -0.15) is 0 Å². The second-order valence-corrected chi connectivity index (χ2v) is 13.8. The number of aromatic nitrogens is 2. The second kappa shape index (κ2) is 11.0. The predicted molar refractivity (Wildman–Crippen MR) is 176 cm³/mol. The van der Waals surface area contributed by atoms with E-state index in [-0.39, 0.29) is 0 Å². The molecule has 1 saturated carbocycles. The molecule has 4 heterocycles. The van der Waals surface area contributed by atoms with Crippen LogP contribution in [-0.4, -0.2) is 40.5 Å². The molecule has 1 spiro atoms. The molecule has 218 valence electrons. The summed E-state index contributed by atoms with van der Waals surface area (Å²) in [5.74, 6) is 0.588. The summed E-state index contributed by atoms with van der Waals surface area (Å²) in [6.07, 6.45) is 12.9. The van der Waals surface area contributed by atoms with Crippen molar-refractivity contribution in [2.75, 3.05) is 24.5 Å². The van der Waals surface area contributed by atoms with Crippen LogP contribution in [0.3, 0.4) is 0 Å². The summed E-state index contributed by atoms with van der Waals surface area (Å²) in [6, 6.07) is 22.0. The molecule has 1 aliphatic carbocycles. The molecule has 3 fully saturated rings. The van der Waals surface area contributed by atoms with Crippen molar-refractivity contribution in [2.24, 2.45) is 5.41 Å². The van der Waals surface area contributed by atoms with Gasteiger partial charge in [-0.3, -0.25) is 4.90 Å². The van der Waals surface area contributed by atoms with Crippen molar-refractivity contribution < 1.29 is 0 Å². The van der Waals surface area contributed by atoms with Crippen molar-refractivity contribution in [3.63, 3.8) is 0 Å². The number of anilines is 1. The van der Waals surface area contributed by atoms with E-state index in [2.05, 4.69) is 102 Å². The van der Waals surface area contributed by atoms with E-state index in [1.54, 1.807) is 11.1 Å². The zero-order valence-corrected chi connectivity index (χ0v) is 25.7. The highest BCUT2D eigenvalue weighted by Crippen LogP contribution is 2.54. The molecule has 0 radical (unpaired) electrons. The molecule has 4 heteroatoms. The summed E-state index contributed by atoms with van der Waals surface area (Å²) < 4.78 is 0. The summed E-state index contributed by atoms with van der Waals surface area (Å²) in [4.78, 5) is 13.4. The highest BCUT2D eigenvalue weighted by molar-refractivity contribution is 5.76. The van der Waals surface area contributed by atoms with Crippen LogP contribution in [0, 0.1) is 5.41 Å². The van der Waals surface area contributed by atoms with Crippen molar-refractivity contribution in [2.45, 2.75) is 83.7 Å². The Hall–Kier alpha value is -3.37. The van der Waals surface area contributed by atoms with Crippen LogP contribution in [-0.2, 0) is 6.42 Å². The molecule has 2 aliphatic heterocycles. The Bertz CT molecular complexity index is 1580. The topological polar surface area (TPSA) is 35.2 Å². The number of benzene rings is 2. The number of hydrogen-bond donors (Lipinski definition) is 1. The van der Waals surface area contributed by atoms with Crippen molar-refractivity contribution in [3.8, 4) is 0 Å². The van der Waals surface area contributed by atoms with Crippen LogP contribution in [0.4, 0.5) is 5.69 Å². The van der Waals surface area contributed by atoms with E-state index in [0.29, 0.717) is 17.4 Å². The lowest BCUT2D eigenvalue weighted by Gasteiger charge is -2.56. The molecule has 0 amide bonds. The molecule has 7 rings (SSSR count). The van der Waals surface area contributed by atoms with Gasteiger partial charge in [0.2, 0.25) is 0 Å². The first-order valence-electron chi connectivity index (χ1n) is 16.2. The summed E-state index contributed by atoms with van der Waals surface area (Å²) in [6.45, 7) is 14.7. The predicted octanol–water partition coefficient (Wildman–Crippen LogP) is 8.90. The number of H-pyrrole nitrogens is 1. The van der Waals surface area contributed by atoms with Gasteiger partial charge in [0.05, 0.1) is 0 Å². The number of pyridine rings is 1. The fourth-order valence-corrected chi connectivity index (χ4v) is 8.36. The molecule has 4 aromatic rings. The van der Waals surface area contributed by atoms with Gasteiger partial charge in [0.15, 0.2) is 0 Å². The van der Waals surface area contributed by atoms with Gasteiger partial charge in [0.25, 0.3) is 0 Å². The Labute approximate surface area is 251 Å². The zero-order valence-electron chi connectivity index (χ0n) is 25.7. The van der Waals surface area contributed by atoms with Gasteiger partial charge in [-0.1, -0.05) is 56.3 Å². The largest absolute Gasteiger partial charge is 0.371 e. The third-order valence-corrected chi connectivity index (χ3v) is 10.7. The molecule has 2 saturated heterocycles. The molecule has 1 atom stereocenters. The Kier molecular flexibility index (Phi) is 7.22. The van der Waals surface area contributed by atoms with E-state index in [0.717, 1.165) is 36.8 Å². The maximum Gasteiger partial charge on any atom is 0.137 e. The summed E-state index contributed by atoms with van der Waals surface area (Å²) in [7, 11) is 0. The van der Waals surface area contributed by atoms with Crippen LogP contribution in [0.15, 0.2) is 73.6 Å².